The van der Waals surface area contributed by atoms with Crippen molar-refractivity contribution in [2.24, 2.45) is 0 Å². The molecule has 2 rings (SSSR count). The largest absolute Gasteiger partial charge is 0.104 e. The van der Waals surface area contributed by atoms with E-state index in [1.54, 1.807) is 10.8 Å². The van der Waals surface area contributed by atoms with Crippen LogP contribution in [0.25, 0.3) is 5.57 Å². The molecule has 0 aromatic heterocycles. The van der Waals surface area contributed by atoms with E-state index in [1.807, 2.05) is 4.82 Å². The molecule has 0 saturated carbocycles. The molecule has 0 saturated heterocycles. The van der Waals surface area contributed by atoms with Crippen LogP contribution in [0, 0.1) is 0 Å². The van der Waals surface area contributed by atoms with Crippen LogP contribution in [-0.2, 0) is 0 Å². The van der Waals surface area contributed by atoms with Crippen molar-refractivity contribution in [3.63, 3.8) is 0 Å². The molecule has 2 heteroatoms. The SMILES string of the molecule is CC1=C([Si](C)(C)C)[Si](C)(C)c2ccccc21. The molecule has 1 aromatic carbocycles. The second kappa shape index (κ2) is 3.44. The van der Waals surface area contributed by atoms with Gasteiger partial charge in [0.2, 0.25) is 0 Å². The van der Waals surface area contributed by atoms with Crippen LogP contribution in [0.5, 0.6) is 0 Å². The van der Waals surface area contributed by atoms with E-state index < -0.39 is 16.1 Å². The molecule has 1 aromatic rings. The normalized spacial score (nSPS) is 18.9. The van der Waals surface area contributed by atoms with Crippen molar-refractivity contribution in [2.75, 3.05) is 0 Å². The van der Waals surface area contributed by atoms with Crippen molar-refractivity contribution in [3.05, 3.63) is 34.6 Å². The molecule has 0 atom stereocenters. The first-order valence-electron chi connectivity index (χ1n) is 6.08. The van der Waals surface area contributed by atoms with E-state index >= 15 is 0 Å². The van der Waals surface area contributed by atoms with Gasteiger partial charge in [0.05, 0.1) is 8.07 Å². The number of benzene rings is 1. The Morgan fingerprint density at radius 3 is 2.06 bits per heavy atom. The van der Waals surface area contributed by atoms with Gasteiger partial charge in [-0.2, -0.15) is 0 Å². The third kappa shape index (κ3) is 1.55. The van der Waals surface area contributed by atoms with Crippen LogP contribution in [0.1, 0.15) is 12.5 Å². The molecule has 0 radical (unpaired) electrons. The average molecular weight is 247 g/mol. The third-order valence-electron chi connectivity index (χ3n) is 3.75. The number of fused-ring (bicyclic) bond motifs is 1. The van der Waals surface area contributed by atoms with Gasteiger partial charge in [-0.25, -0.2) is 0 Å². The smallest absolute Gasteiger partial charge is 0.0830 e. The average Bonchev–Trinajstić information content (AvgIpc) is 2.34. The fourth-order valence-electron chi connectivity index (χ4n) is 3.59. The Bertz CT molecular complexity index is 462. The molecule has 1 aliphatic rings. The van der Waals surface area contributed by atoms with E-state index in [9.17, 15) is 0 Å². The van der Waals surface area contributed by atoms with E-state index in [0.717, 1.165) is 0 Å². The van der Waals surface area contributed by atoms with Gasteiger partial charge in [0.25, 0.3) is 0 Å². The number of allylic oxidation sites excluding steroid dienone is 1. The second-order valence-corrected chi connectivity index (χ2v) is 16.2. The molecule has 0 bridgehead atoms. The monoisotopic (exact) mass is 246 g/mol. The summed E-state index contributed by atoms with van der Waals surface area (Å²) in [6.45, 7) is 14.9. The summed E-state index contributed by atoms with van der Waals surface area (Å²) in [7, 11) is -2.53. The van der Waals surface area contributed by atoms with Gasteiger partial charge in [-0.05, 0) is 17.7 Å². The predicted octanol–water partition coefficient (Wildman–Crippen LogP) is 3.81. The van der Waals surface area contributed by atoms with Crippen molar-refractivity contribution in [1.29, 1.82) is 0 Å². The molecule has 1 aliphatic heterocycles. The molecule has 16 heavy (non-hydrogen) atoms. The van der Waals surface area contributed by atoms with Gasteiger partial charge in [0.15, 0.2) is 0 Å². The van der Waals surface area contributed by atoms with E-state index in [0.29, 0.717) is 0 Å². The lowest BCUT2D eigenvalue weighted by Gasteiger charge is -2.31. The van der Waals surface area contributed by atoms with Crippen molar-refractivity contribution in [1.82, 2.24) is 0 Å². The van der Waals surface area contributed by atoms with Gasteiger partial charge in [-0.1, -0.05) is 67.4 Å². The molecular weight excluding hydrogens is 224 g/mol. The van der Waals surface area contributed by atoms with E-state index in [-0.39, 0.29) is 0 Å². The summed E-state index contributed by atoms with van der Waals surface area (Å²) in [4.78, 5) is 1.86. The number of hydrogen-bond acceptors (Lipinski definition) is 0. The lowest BCUT2D eigenvalue weighted by molar-refractivity contribution is 1.62. The van der Waals surface area contributed by atoms with Gasteiger partial charge < -0.3 is 0 Å². The van der Waals surface area contributed by atoms with Crippen LogP contribution in [0.2, 0.25) is 32.7 Å². The maximum atomic E-state index is 2.52. The second-order valence-electron chi connectivity index (χ2n) is 6.42. The zero-order valence-electron chi connectivity index (χ0n) is 11.3. The fourth-order valence-corrected chi connectivity index (χ4v) is 15.6. The quantitative estimate of drug-likeness (QED) is 0.661. The van der Waals surface area contributed by atoms with Crippen LogP contribution in [0.15, 0.2) is 29.1 Å². The minimum absolute atomic E-state index is 1.18. The third-order valence-corrected chi connectivity index (χ3v) is 13.2. The number of hydrogen-bond donors (Lipinski definition) is 0. The summed E-state index contributed by atoms with van der Waals surface area (Å²) < 4.78 is 0. The highest BCUT2D eigenvalue weighted by Gasteiger charge is 2.43. The molecule has 0 fully saturated rings. The van der Waals surface area contributed by atoms with Gasteiger partial charge in [-0.15, -0.1) is 0 Å². The van der Waals surface area contributed by atoms with Gasteiger partial charge in [0.1, 0.15) is 8.07 Å². The topological polar surface area (TPSA) is 0 Å². The van der Waals surface area contributed by atoms with E-state index in [2.05, 4.69) is 63.9 Å². The Kier molecular flexibility index (Phi) is 2.55. The van der Waals surface area contributed by atoms with Crippen molar-refractivity contribution < 1.29 is 0 Å². The summed E-state index contributed by atoms with van der Waals surface area (Å²) in [5.74, 6) is 0. The summed E-state index contributed by atoms with van der Waals surface area (Å²) in [6.07, 6.45) is 0. The standard InChI is InChI=1S/C14H22Si2/c1-11-12-9-7-8-10-13(12)16(5,6)14(11)15(2,3)4/h7-10H,1-6H3. The summed E-state index contributed by atoms with van der Waals surface area (Å²) >= 11 is 0. The van der Waals surface area contributed by atoms with Crippen LogP contribution in [0.4, 0.5) is 0 Å². The first kappa shape index (κ1) is 11.9. The van der Waals surface area contributed by atoms with Crippen LogP contribution < -0.4 is 5.19 Å². The Hall–Kier alpha value is -0.606. The minimum Gasteiger partial charge on any atom is -0.0830 e. The molecule has 0 amide bonds. The Balaban J connectivity index is 2.72. The van der Waals surface area contributed by atoms with Crippen LogP contribution in [0.3, 0.4) is 0 Å². The lowest BCUT2D eigenvalue weighted by atomic mass is 10.1. The highest BCUT2D eigenvalue weighted by Crippen LogP contribution is 2.38. The number of rotatable bonds is 1. The lowest BCUT2D eigenvalue weighted by Crippen LogP contribution is -2.48. The van der Waals surface area contributed by atoms with Crippen LogP contribution in [-0.4, -0.2) is 16.1 Å². The molecule has 86 valence electrons. The van der Waals surface area contributed by atoms with E-state index in [4.69, 9.17) is 0 Å². The molecule has 0 spiro atoms. The molecule has 0 unspecified atom stereocenters. The predicted molar refractivity (Wildman–Crippen MR) is 79.5 cm³/mol. The van der Waals surface area contributed by atoms with E-state index in [1.165, 1.54) is 5.56 Å². The zero-order valence-corrected chi connectivity index (χ0v) is 13.3. The Morgan fingerprint density at radius 2 is 1.56 bits per heavy atom. The van der Waals surface area contributed by atoms with Gasteiger partial charge in [-0.3, -0.25) is 0 Å². The molecule has 1 heterocycles. The Morgan fingerprint density at radius 1 is 1.00 bits per heavy atom. The molecule has 0 nitrogen and oxygen atoms in total. The zero-order chi connectivity index (χ0) is 12.1. The molecular formula is C14H22Si2. The summed E-state index contributed by atoms with van der Waals surface area (Å²) in [5, 5.41) is 1.66. The summed E-state index contributed by atoms with van der Waals surface area (Å²) in [5.41, 5.74) is 3.14. The molecule has 0 N–H and O–H groups in total. The van der Waals surface area contributed by atoms with Crippen molar-refractivity contribution in [3.8, 4) is 0 Å². The first-order valence-corrected chi connectivity index (χ1v) is 12.6. The fraction of sp³-hybridized carbons (Fsp3) is 0.429. The highest BCUT2D eigenvalue weighted by molar-refractivity contribution is 7.13. The Labute approximate surface area is 101 Å². The maximum Gasteiger partial charge on any atom is 0.104 e. The molecule has 0 aliphatic carbocycles. The van der Waals surface area contributed by atoms with Gasteiger partial charge >= 0.3 is 0 Å². The van der Waals surface area contributed by atoms with Gasteiger partial charge in [0, 0.05) is 0 Å². The minimum atomic E-state index is -1.35. The summed E-state index contributed by atoms with van der Waals surface area (Å²) in [6, 6.07) is 9.05. The highest BCUT2D eigenvalue weighted by atomic mass is 28.4. The maximum absolute atomic E-state index is 2.52. The van der Waals surface area contributed by atoms with Crippen molar-refractivity contribution in [2.45, 2.75) is 39.7 Å². The van der Waals surface area contributed by atoms with Crippen molar-refractivity contribution >= 4 is 26.9 Å². The van der Waals surface area contributed by atoms with Crippen LogP contribution >= 0.6 is 0 Å². The first-order chi connectivity index (χ1) is 7.26.